The van der Waals surface area contributed by atoms with Crippen molar-refractivity contribution in [3.05, 3.63) is 60.0 Å². The lowest BCUT2D eigenvalue weighted by Gasteiger charge is -2.13. The van der Waals surface area contributed by atoms with Gasteiger partial charge in [0.15, 0.2) is 11.6 Å². The Morgan fingerprint density at radius 2 is 2.09 bits per heavy atom. The van der Waals surface area contributed by atoms with Crippen LogP contribution in [0, 0.1) is 11.3 Å². The van der Waals surface area contributed by atoms with Gasteiger partial charge in [-0.3, -0.25) is 0 Å². The van der Waals surface area contributed by atoms with Crippen molar-refractivity contribution in [3.63, 3.8) is 0 Å². The van der Waals surface area contributed by atoms with Gasteiger partial charge in [0.25, 0.3) is 0 Å². The second-order valence-electron chi connectivity index (χ2n) is 5.14. The van der Waals surface area contributed by atoms with Crippen molar-refractivity contribution in [2.75, 3.05) is 0 Å². The summed E-state index contributed by atoms with van der Waals surface area (Å²) in [6.45, 7) is 0.583. The Bertz CT molecular complexity index is 879. The van der Waals surface area contributed by atoms with Gasteiger partial charge >= 0.3 is 0 Å². The Morgan fingerprint density at radius 1 is 1.30 bits per heavy atom. The zero-order chi connectivity index (χ0) is 16.2. The van der Waals surface area contributed by atoms with Gasteiger partial charge in [0.1, 0.15) is 16.3 Å². The largest absolute Gasteiger partial charge is 0.374 e. The molecule has 2 heterocycles. The monoisotopic (exact) mass is 321 g/mol. The predicted octanol–water partition coefficient (Wildman–Crippen LogP) is 2.69. The molecule has 0 bridgehead atoms. The maximum absolute atomic E-state index is 9.55. The van der Waals surface area contributed by atoms with Crippen LogP contribution in [0.4, 0.5) is 0 Å². The summed E-state index contributed by atoms with van der Waals surface area (Å²) in [7, 11) is 1.85. The van der Waals surface area contributed by atoms with Crippen LogP contribution in [0.25, 0.3) is 11.2 Å². The van der Waals surface area contributed by atoms with Crippen molar-refractivity contribution >= 4 is 28.4 Å². The van der Waals surface area contributed by atoms with Gasteiger partial charge in [-0.25, -0.2) is 9.97 Å². The van der Waals surface area contributed by atoms with E-state index in [2.05, 4.69) is 21.4 Å². The molecule has 2 aromatic heterocycles. The molecular formula is C17H15N5S. The van der Waals surface area contributed by atoms with E-state index in [9.17, 15) is 5.26 Å². The third-order valence-electron chi connectivity index (χ3n) is 3.62. The van der Waals surface area contributed by atoms with Crippen LogP contribution in [-0.4, -0.2) is 19.5 Å². The van der Waals surface area contributed by atoms with Crippen molar-refractivity contribution < 1.29 is 0 Å². The average Bonchev–Trinajstić information content (AvgIpc) is 2.92. The van der Waals surface area contributed by atoms with E-state index in [1.807, 2.05) is 54.1 Å². The van der Waals surface area contributed by atoms with E-state index in [4.69, 9.17) is 12.2 Å². The highest BCUT2D eigenvalue weighted by Crippen LogP contribution is 2.20. The van der Waals surface area contributed by atoms with Crippen molar-refractivity contribution in [2.24, 2.45) is 7.05 Å². The van der Waals surface area contributed by atoms with Crippen LogP contribution >= 0.6 is 12.2 Å². The third kappa shape index (κ3) is 3.05. The molecular weight excluding hydrogens is 306 g/mol. The van der Waals surface area contributed by atoms with E-state index in [1.165, 1.54) is 0 Å². The number of hydrogen-bond acceptors (Lipinski definition) is 4. The number of rotatable bonds is 4. The maximum Gasteiger partial charge on any atom is 0.159 e. The van der Waals surface area contributed by atoms with Crippen LogP contribution in [0.3, 0.4) is 0 Å². The molecule has 3 rings (SSSR count). The average molecular weight is 321 g/mol. The standard InChI is InChI=1S/C17H15N5S/c1-22-15(21-14-8-5-9-19-16(14)22)13(10-18)17(23)20-11-12-6-3-2-4-7-12/h2-9,13H,11H2,1H3,(H,20,23). The molecule has 0 aliphatic carbocycles. The molecule has 0 spiro atoms. The van der Waals surface area contributed by atoms with Gasteiger partial charge in [-0.05, 0) is 17.7 Å². The lowest BCUT2D eigenvalue weighted by Crippen LogP contribution is -2.28. The molecule has 0 amide bonds. The van der Waals surface area contributed by atoms with E-state index >= 15 is 0 Å². The second kappa shape index (κ2) is 6.55. The SMILES string of the molecule is Cn1c(C(C#N)C(=S)NCc2ccccc2)nc2cccnc21. The van der Waals surface area contributed by atoms with Crippen molar-refractivity contribution in [3.8, 4) is 6.07 Å². The number of aryl methyl sites for hydroxylation is 1. The van der Waals surface area contributed by atoms with Gasteiger partial charge < -0.3 is 9.88 Å². The Morgan fingerprint density at radius 3 is 2.78 bits per heavy atom. The van der Waals surface area contributed by atoms with Crippen LogP contribution < -0.4 is 5.32 Å². The fourth-order valence-corrected chi connectivity index (χ4v) is 2.65. The molecule has 1 atom stereocenters. The maximum atomic E-state index is 9.55. The molecule has 5 nitrogen and oxygen atoms in total. The first kappa shape index (κ1) is 15.1. The third-order valence-corrected chi connectivity index (χ3v) is 4.00. The second-order valence-corrected chi connectivity index (χ2v) is 5.58. The highest BCUT2D eigenvalue weighted by atomic mass is 32.1. The zero-order valence-corrected chi connectivity index (χ0v) is 13.4. The summed E-state index contributed by atoms with van der Waals surface area (Å²) >= 11 is 5.41. The number of nitriles is 1. The summed E-state index contributed by atoms with van der Waals surface area (Å²) in [5.74, 6) is -0.000302. The quantitative estimate of drug-likeness (QED) is 0.748. The first-order chi connectivity index (χ1) is 11.2. The van der Waals surface area contributed by atoms with Gasteiger partial charge in [-0.1, -0.05) is 42.5 Å². The first-order valence-corrected chi connectivity index (χ1v) is 7.60. The molecule has 0 saturated heterocycles. The topological polar surface area (TPSA) is 66.5 Å². The number of nitrogens with zero attached hydrogens (tertiary/aromatic N) is 4. The Balaban J connectivity index is 1.82. The van der Waals surface area contributed by atoms with Crippen LogP contribution in [0.2, 0.25) is 0 Å². The van der Waals surface area contributed by atoms with E-state index in [-0.39, 0.29) is 0 Å². The minimum atomic E-state index is -0.604. The van der Waals surface area contributed by atoms with E-state index in [1.54, 1.807) is 6.20 Å². The number of aromatic nitrogens is 3. The van der Waals surface area contributed by atoms with Gasteiger partial charge in [-0.15, -0.1) is 0 Å². The molecule has 1 aromatic carbocycles. The molecule has 1 unspecified atom stereocenters. The molecule has 23 heavy (non-hydrogen) atoms. The summed E-state index contributed by atoms with van der Waals surface area (Å²) in [6, 6.07) is 15.9. The predicted molar refractivity (Wildman–Crippen MR) is 92.7 cm³/mol. The molecule has 6 heteroatoms. The van der Waals surface area contributed by atoms with Crippen molar-refractivity contribution in [1.29, 1.82) is 5.26 Å². The summed E-state index contributed by atoms with van der Waals surface area (Å²) in [5.41, 5.74) is 2.61. The Hall–Kier alpha value is -2.78. The van der Waals surface area contributed by atoms with E-state index in [0.29, 0.717) is 17.4 Å². The lowest BCUT2D eigenvalue weighted by molar-refractivity contribution is 0.802. The summed E-state index contributed by atoms with van der Waals surface area (Å²) in [5, 5.41) is 12.7. The molecule has 0 saturated carbocycles. The minimum Gasteiger partial charge on any atom is -0.374 e. The number of thiocarbonyl (C=S) groups is 1. The van der Waals surface area contributed by atoms with Crippen molar-refractivity contribution in [2.45, 2.75) is 12.5 Å². The smallest absolute Gasteiger partial charge is 0.159 e. The molecule has 0 radical (unpaired) electrons. The number of nitrogens with one attached hydrogen (secondary N) is 1. The number of pyridine rings is 1. The van der Waals surface area contributed by atoms with E-state index in [0.717, 1.165) is 16.7 Å². The van der Waals surface area contributed by atoms with Crippen LogP contribution in [0.15, 0.2) is 48.7 Å². The molecule has 0 aliphatic rings. The minimum absolute atomic E-state index is 0.467. The summed E-state index contributed by atoms with van der Waals surface area (Å²) in [6.07, 6.45) is 1.71. The Labute approximate surface area is 139 Å². The summed E-state index contributed by atoms with van der Waals surface area (Å²) < 4.78 is 1.82. The van der Waals surface area contributed by atoms with E-state index < -0.39 is 5.92 Å². The van der Waals surface area contributed by atoms with Crippen LogP contribution in [-0.2, 0) is 13.6 Å². The lowest BCUT2D eigenvalue weighted by atomic mass is 10.1. The molecule has 0 aliphatic heterocycles. The number of fused-ring (bicyclic) bond motifs is 1. The molecule has 1 N–H and O–H groups in total. The van der Waals surface area contributed by atoms with Gasteiger partial charge in [0.05, 0.1) is 6.07 Å². The first-order valence-electron chi connectivity index (χ1n) is 7.19. The summed E-state index contributed by atoms with van der Waals surface area (Å²) in [4.78, 5) is 9.28. The van der Waals surface area contributed by atoms with Gasteiger partial charge in [0.2, 0.25) is 0 Å². The highest BCUT2D eigenvalue weighted by Gasteiger charge is 2.23. The molecule has 0 fully saturated rings. The number of benzene rings is 1. The van der Waals surface area contributed by atoms with Gasteiger partial charge in [0, 0.05) is 19.8 Å². The van der Waals surface area contributed by atoms with Crippen LogP contribution in [0.1, 0.15) is 17.3 Å². The fourth-order valence-electron chi connectivity index (χ4n) is 2.42. The molecule has 3 aromatic rings. The van der Waals surface area contributed by atoms with Crippen LogP contribution in [0.5, 0.6) is 0 Å². The highest BCUT2D eigenvalue weighted by molar-refractivity contribution is 7.80. The van der Waals surface area contributed by atoms with Gasteiger partial charge in [-0.2, -0.15) is 5.26 Å². The number of hydrogen-bond donors (Lipinski definition) is 1. The fraction of sp³-hybridized carbons (Fsp3) is 0.176. The Kier molecular flexibility index (Phi) is 4.31. The zero-order valence-electron chi connectivity index (χ0n) is 12.6. The van der Waals surface area contributed by atoms with Crippen molar-refractivity contribution in [1.82, 2.24) is 19.9 Å². The normalized spacial score (nSPS) is 11.8. The number of imidazole rings is 1. The molecule has 114 valence electrons.